The van der Waals surface area contributed by atoms with E-state index in [-0.39, 0.29) is 12.2 Å². The van der Waals surface area contributed by atoms with Crippen molar-refractivity contribution in [2.45, 2.75) is 19.9 Å². The molecule has 0 saturated carbocycles. The van der Waals surface area contributed by atoms with Crippen molar-refractivity contribution in [1.82, 2.24) is 4.57 Å². The summed E-state index contributed by atoms with van der Waals surface area (Å²) in [6.07, 6.45) is 1.67. The maximum absolute atomic E-state index is 13.6. The number of nitrogens with zero attached hydrogens (tertiary/aromatic N) is 2. The lowest BCUT2D eigenvalue weighted by Crippen LogP contribution is -2.39. The number of aromatic nitrogens is 1. The van der Waals surface area contributed by atoms with E-state index in [0.717, 1.165) is 4.88 Å². The van der Waals surface area contributed by atoms with Crippen LogP contribution in [0.25, 0.3) is 17.4 Å². The highest BCUT2D eigenvalue weighted by Crippen LogP contribution is 2.34. The van der Waals surface area contributed by atoms with Crippen LogP contribution in [0.4, 0.5) is 0 Å². The fourth-order valence-corrected chi connectivity index (χ4v) is 6.25. The van der Waals surface area contributed by atoms with Crippen LogP contribution in [0.3, 0.4) is 0 Å². The maximum Gasteiger partial charge on any atom is 0.338 e. The highest BCUT2D eigenvalue weighted by molar-refractivity contribution is 7.10. The first-order valence-electron chi connectivity index (χ1n) is 10.7. The average molecular weight is 545 g/mol. The molecule has 0 amide bonds. The lowest BCUT2D eigenvalue weighted by Gasteiger charge is -2.23. The first-order chi connectivity index (χ1) is 16.9. The summed E-state index contributed by atoms with van der Waals surface area (Å²) in [6.45, 7) is 3.74. The summed E-state index contributed by atoms with van der Waals surface area (Å²) in [6, 6.07) is 11.9. The van der Waals surface area contributed by atoms with E-state index in [4.69, 9.17) is 32.4 Å². The molecular formula is C25H18Cl2N2O4S2. The quantitative estimate of drug-likeness (QED) is 0.314. The number of hydrogen-bond acceptors (Lipinski definition) is 7. The molecule has 0 bridgehead atoms. The summed E-state index contributed by atoms with van der Waals surface area (Å²) in [5.74, 6) is 0.574. The number of hydrogen-bond donors (Lipinski definition) is 0. The highest BCUT2D eigenvalue weighted by Gasteiger charge is 2.33. The van der Waals surface area contributed by atoms with Gasteiger partial charge in [0.05, 0.1) is 27.4 Å². The second kappa shape index (κ2) is 9.62. The van der Waals surface area contributed by atoms with Crippen molar-refractivity contribution in [3.8, 4) is 11.3 Å². The third-order valence-corrected chi connectivity index (χ3v) is 7.88. The fourth-order valence-electron chi connectivity index (χ4n) is 3.90. The van der Waals surface area contributed by atoms with Gasteiger partial charge in [-0.2, -0.15) is 0 Å². The van der Waals surface area contributed by atoms with Crippen molar-refractivity contribution < 1.29 is 13.9 Å². The molecule has 3 aromatic heterocycles. The standard InChI is InChI=1S/C25H18Cl2N2O4S2/c1-3-32-24(31)21-13(2)28-25-29(22(21)19-5-4-10-34-19)23(30)20(35-25)12-15-7-9-18(33-15)16-8-6-14(26)11-17(16)27/h4-12,22H,3H2,1-2H3/b20-12-/t22-/m1/s1. The molecule has 0 saturated heterocycles. The van der Waals surface area contributed by atoms with E-state index in [1.807, 2.05) is 17.5 Å². The number of ether oxygens (including phenoxy) is 1. The zero-order valence-electron chi connectivity index (χ0n) is 18.6. The zero-order valence-corrected chi connectivity index (χ0v) is 21.7. The van der Waals surface area contributed by atoms with Crippen LogP contribution in [-0.4, -0.2) is 17.1 Å². The molecule has 10 heteroatoms. The Balaban J connectivity index is 1.62. The number of esters is 1. The molecule has 4 heterocycles. The number of thiazole rings is 1. The second-order valence-electron chi connectivity index (χ2n) is 7.64. The van der Waals surface area contributed by atoms with Gasteiger partial charge in [-0.25, -0.2) is 9.79 Å². The van der Waals surface area contributed by atoms with E-state index in [2.05, 4.69) is 4.99 Å². The Morgan fingerprint density at radius 2 is 2.09 bits per heavy atom. The molecule has 1 aromatic carbocycles. The Morgan fingerprint density at radius 3 is 2.80 bits per heavy atom. The SMILES string of the molecule is CCOC(=O)C1=C(C)N=c2s/c(=C\c3ccc(-c4ccc(Cl)cc4Cl)o3)c(=O)n2[C@@H]1c1cccs1. The van der Waals surface area contributed by atoms with E-state index in [1.165, 1.54) is 22.7 Å². The molecule has 0 spiro atoms. The number of carbonyl (C=O) groups excluding carboxylic acids is 1. The Kier molecular flexibility index (Phi) is 6.55. The molecule has 1 aliphatic rings. The van der Waals surface area contributed by atoms with Gasteiger partial charge in [0, 0.05) is 21.5 Å². The fraction of sp³-hybridized carbons (Fsp3) is 0.160. The molecule has 178 valence electrons. The van der Waals surface area contributed by atoms with Gasteiger partial charge in [0.1, 0.15) is 17.6 Å². The Morgan fingerprint density at radius 1 is 1.26 bits per heavy atom. The Bertz CT molecular complexity index is 1640. The van der Waals surface area contributed by atoms with E-state index in [0.29, 0.717) is 47.7 Å². The Labute approximate surface area is 218 Å². The third-order valence-electron chi connectivity index (χ3n) is 5.43. The van der Waals surface area contributed by atoms with Crippen LogP contribution >= 0.6 is 45.9 Å². The summed E-state index contributed by atoms with van der Waals surface area (Å²) < 4.78 is 13.2. The molecule has 4 aromatic rings. The number of rotatable bonds is 5. The van der Waals surface area contributed by atoms with Crippen molar-refractivity contribution >= 4 is 57.9 Å². The number of allylic oxidation sites excluding steroid dienone is 1. The van der Waals surface area contributed by atoms with E-state index in [9.17, 15) is 9.59 Å². The number of fused-ring (bicyclic) bond motifs is 1. The van der Waals surface area contributed by atoms with Crippen LogP contribution < -0.4 is 14.9 Å². The third kappa shape index (κ3) is 4.43. The molecule has 0 fully saturated rings. The van der Waals surface area contributed by atoms with Crippen molar-refractivity contribution in [3.05, 3.63) is 99.5 Å². The molecular weight excluding hydrogens is 527 g/mol. The summed E-state index contributed by atoms with van der Waals surface area (Å²) in [5, 5.41) is 2.91. The largest absolute Gasteiger partial charge is 0.463 e. The van der Waals surface area contributed by atoms with Crippen LogP contribution in [0.2, 0.25) is 10.0 Å². The molecule has 0 N–H and O–H groups in total. The van der Waals surface area contributed by atoms with Crippen LogP contribution in [-0.2, 0) is 9.53 Å². The zero-order chi connectivity index (χ0) is 24.7. The number of thiophene rings is 1. The number of benzene rings is 1. The minimum Gasteiger partial charge on any atom is -0.463 e. The Hall–Kier alpha value is -2.91. The summed E-state index contributed by atoms with van der Waals surface area (Å²) in [7, 11) is 0. The van der Waals surface area contributed by atoms with Gasteiger partial charge in [0.2, 0.25) is 0 Å². The first-order valence-corrected chi connectivity index (χ1v) is 13.1. The predicted octanol–water partition coefficient (Wildman–Crippen LogP) is 5.43. The topological polar surface area (TPSA) is 73.8 Å². The molecule has 5 rings (SSSR count). The summed E-state index contributed by atoms with van der Waals surface area (Å²) >= 11 is 15.0. The average Bonchev–Trinajstić information content (AvgIpc) is 3.55. The molecule has 6 nitrogen and oxygen atoms in total. The molecule has 0 unspecified atom stereocenters. The van der Waals surface area contributed by atoms with Crippen molar-refractivity contribution in [2.24, 2.45) is 4.99 Å². The molecule has 0 aliphatic carbocycles. The monoisotopic (exact) mass is 544 g/mol. The maximum atomic E-state index is 13.6. The van der Waals surface area contributed by atoms with Gasteiger partial charge < -0.3 is 9.15 Å². The number of carbonyl (C=O) groups is 1. The minimum absolute atomic E-state index is 0.232. The number of halogens is 2. The van der Waals surface area contributed by atoms with Gasteiger partial charge in [-0.3, -0.25) is 9.36 Å². The number of furan rings is 1. The van der Waals surface area contributed by atoms with E-state index in [1.54, 1.807) is 54.8 Å². The van der Waals surface area contributed by atoms with Gasteiger partial charge in [0.15, 0.2) is 4.80 Å². The summed E-state index contributed by atoms with van der Waals surface area (Å²) in [5.41, 5.74) is 1.34. The highest BCUT2D eigenvalue weighted by atomic mass is 35.5. The van der Waals surface area contributed by atoms with Gasteiger partial charge in [-0.15, -0.1) is 11.3 Å². The van der Waals surface area contributed by atoms with Gasteiger partial charge in [0.25, 0.3) is 5.56 Å². The molecule has 35 heavy (non-hydrogen) atoms. The van der Waals surface area contributed by atoms with Gasteiger partial charge >= 0.3 is 5.97 Å². The minimum atomic E-state index is -0.604. The first kappa shape index (κ1) is 23.8. The summed E-state index contributed by atoms with van der Waals surface area (Å²) in [4.78, 5) is 32.3. The smallest absolute Gasteiger partial charge is 0.338 e. The molecule has 1 aliphatic heterocycles. The van der Waals surface area contributed by atoms with Crippen molar-refractivity contribution in [3.63, 3.8) is 0 Å². The van der Waals surface area contributed by atoms with Crippen LogP contribution in [0.5, 0.6) is 0 Å². The van der Waals surface area contributed by atoms with Crippen molar-refractivity contribution in [1.29, 1.82) is 0 Å². The van der Waals surface area contributed by atoms with E-state index < -0.39 is 12.0 Å². The molecule has 1 atom stereocenters. The van der Waals surface area contributed by atoms with Crippen molar-refractivity contribution in [2.75, 3.05) is 6.61 Å². The van der Waals surface area contributed by atoms with Crippen LogP contribution in [0.1, 0.15) is 30.5 Å². The normalized spacial score (nSPS) is 15.8. The lowest BCUT2D eigenvalue weighted by molar-refractivity contribution is -0.139. The van der Waals surface area contributed by atoms with Gasteiger partial charge in [-0.05, 0) is 55.6 Å². The lowest BCUT2D eigenvalue weighted by atomic mass is 10.0. The van der Waals surface area contributed by atoms with Crippen LogP contribution in [0.15, 0.2) is 73.3 Å². The predicted molar refractivity (Wildman–Crippen MR) is 139 cm³/mol. The van der Waals surface area contributed by atoms with E-state index >= 15 is 0 Å². The van der Waals surface area contributed by atoms with Crippen LogP contribution in [0, 0.1) is 0 Å². The second-order valence-corrected chi connectivity index (χ2v) is 10.5. The van der Waals surface area contributed by atoms with Gasteiger partial charge in [-0.1, -0.05) is 40.6 Å². The molecule has 0 radical (unpaired) electrons.